The molecule has 0 bridgehead atoms. The molecule has 2 aliphatic heterocycles. The number of likely N-dealkylation sites (N-methyl/N-ethyl adjacent to an activating group) is 1. The van der Waals surface area contributed by atoms with Crippen LogP contribution >= 0.6 is 11.6 Å². The van der Waals surface area contributed by atoms with E-state index in [4.69, 9.17) is 16.3 Å². The number of aryl methyl sites for hydroxylation is 1. The van der Waals surface area contributed by atoms with Crippen LogP contribution in [0, 0.1) is 24.1 Å². The van der Waals surface area contributed by atoms with Gasteiger partial charge in [0.2, 0.25) is 5.88 Å². The Morgan fingerprint density at radius 3 is 2.55 bits per heavy atom. The molecule has 230 valence electrons. The lowest BCUT2D eigenvalue weighted by atomic mass is 10.0. The highest BCUT2D eigenvalue weighted by molar-refractivity contribution is 6.30. The Morgan fingerprint density at radius 2 is 1.80 bits per heavy atom. The monoisotopic (exact) mass is 616 g/mol. The van der Waals surface area contributed by atoms with Crippen LogP contribution in [0.3, 0.4) is 0 Å². The van der Waals surface area contributed by atoms with E-state index >= 15 is 0 Å². The molecule has 44 heavy (non-hydrogen) atoms. The van der Waals surface area contributed by atoms with E-state index < -0.39 is 5.82 Å². The first kappa shape index (κ1) is 30.3. The van der Waals surface area contributed by atoms with Gasteiger partial charge in [-0.15, -0.1) is 0 Å². The van der Waals surface area contributed by atoms with E-state index in [1.54, 1.807) is 12.1 Å². The highest BCUT2D eigenvalue weighted by Crippen LogP contribution is 2.29. The molecule has 0 saturated carbocycles. The number of anilines is 1. The first-order chi connectivity index (χ1) is 21.3. The summed E-state index contributed by atoms with van der Waals surface area (Å²) in [5.74, 6) is 0.805. The predicted molar refractivity (Wildman–Crippen MR) is 171 cm³/mol. The van der Waals surface area contributed by atoms with Gasteiger partial charge in [0.05, 0.1) is 0 Å². The molecule has 0 aliphatic carbocycles. The number of halogens is 2. The number of aromatic nitrogens is 3. The molecular formula is C33H38ClFN8O. The first-order valence-corrected chi connectivity index (χ1v) is 15.6. The molecule has 1 N–H and O–H groups in total. The second-order valence-electron chi connectivity index (χ2n) is 11.9. The average Bonchev–Trinajstić information content (AvgIpc) is 3.37. The minimum absolute atomic E-state index is 0.260. The van der Waals surface area contributed by atoms with Crippen LogP contribution in [-0.4, -0.2) is 88.1 Å². The van der Waals surface area contributed by atoms with E-state index in [9.17, 15) is 9.65 Å². The first-order valence-electron chi connectivity index (χ1n) is 15.2. The second kappa shape index (κ2) is 13.5. The lowest BCUT2D eigenvalue weighted by molar-refractivity contribution is 0.150. The molecule has 4 aromatic rings. The summed E-state index contributed by atoms with van der Waals surface area (Å²) in [6.07, 6.45) is 3.38. The largest absolute Gasteiger partial charge is 0.439 e. The number of benzene rings is 2. The van der Waals surface area contributed by atoms with Crippen molar-refractivity contribution in [3.63, 3.8) is 0 Å². The van der Waals surface area contributed by atoms with Crippen LogP contribution in [0.4, 0.5) is 10.2 Å². The predicted octanol–water partition coefficient (Wildman–Crippen LogP) is 5.52. The Labute approximate surface area is 262 Å². The van der Waals surface area contributed by atoms with Gasteiger partial charge in [-0.25, -0.2) is 14.4 Å². The van der Waals surface area contributed by atoms with E-state index in [1.807, 2.05) is 0 Å². The van der Waals surface area contributed by atoms with Crippen molar-refractivity contribution in [3.8, 4) is 17.7 Å². The SMILES string of the molecule is Cc1c(CN2CCC(Nc3cc(Oc4cc(F)cc(Cl)c4)ncn3)CC2)ccc2c1cc(C#N)n2CCN1CCN(C)CC1. The van der Waals surface area contributed by atoms with Gasteiger partial charge in [0.1, 0.15) is 35.5 Å². The molecule has 0 spiro atoms. The van der Waals surface area contributed by atoms with Crippen molar-refractivity contribution < 1.29 is 9.13 Å². The molecule has 6 rings (SSSR count). The number of hydrogen-bond acceptors (Lipinski definition) is 8. The quantitative estimate of drug-likeness (QED) is 0.263. The normalized spacial score (nSPS) is 17.2. The van der Waals surface area contributed by atoms with Gasteiger partial charge in [0.15, 0.2) is 0 Å². The molecular weight excluding hydrogens is 579 g/mol. The summed E-state index contributed by atoms with van der Waals surface area (Å²) in [6, 6.07) is 15.0. The summed E-state index contributed by atoms with van der Waals surface area (Å²) in [7, 11) is 2.17. The van der Waals surface area contributed by atoms with Crippen LogP contribution in [0.1, 0.15) is 29.7 Å². The number of nitrogens with one attached hydrogen (secondary N) is 1. The van der Waals surface area contributed by atoms with Gasteiger partial charge in [-0.2, -0.15) is 5.26 Å². The van der Waals surface area contributed by atoms with Gasteiger partial charge in [-0.1, -0.05) is 17.7 Å². The smallest absolute Gasteiger partial charge is 0.224 e. The van der Waals surface area contributed by atoms with E-state index in [0.29, 0.717) is 11.7 Å². The number of ether oxygens (including phenoxy) is 1. The molecule has 2 fully saturated rings. The maximum atomic E-state index is 13.7. The Morgan fingerprint density at radius 1 is 1.00 bits per heavy atom. The highest BCUT2D eigenvalue weighted by atomic mass is 35.5. The summed E-state index contributed by atoms with van der Waals surface area (Å²) in [4.78, 5) is 15.9. The summed E-state index contributed by atoms with van der Waals surface area (Å²) >= 11 is 5.94. The fraction of sp³-hybridized carbons (Fsp3) is 0.424. The summed E-state index contributed by atoms with van der Waals surface area (Å²) < 4.78 is 21.6. The molecule has 0 amide bonds. The average molecular weight is 617 g/mol. The topological polar surface area (TPSA) is 85.5 Å². The summed E-state index contributed by atoms with van der Waals surface area (Å²) in [5.41, 5.74) is 4.44. The zero-order chi connectivity index (χ0) is 30.6. The number of piperazine rings is 1. The maximum absolute atomic E-state index is 13.7. The molecule has 4 heterocycles. The van der Waals surface area contributed by atoms with Crippen molar-refractivity contribution >= 4 is 28.3 Å². The van der Waals surface area contributed by atoms with Crippen molar-refractivity contribution in [1.82, 2.24) is 29.2 Å². The third-order valence-corrected chi connectivity index (χ3v) is 9.07. The van der Waals surface area contributed by atoms with Crippen molar-refractivity contribution in [3.05, 3.63) is 76.5 Å². The number of hydrogen-bond donors (Lipinski definition) is 1. The third-order valence-electron chi connectivity index (χ3n) is 8.85. The number of likely N-dealkylation sites (tertiary alicyclic amines) is 1. The Hall–Kier alpha value is -3.75. The van der Waals surface area contributed by atoms with E-state index in [1.165, 1.54) is 35.0 Å². The van der Waals surface area contributed by atoms with Crippen LogP contribution in [0.15, 0.2) is 48.8 Å². The van der Waals surface area contributed by atoms with Crippen LogP contribution in [-0.2, 0) is 13.1 Å². The van der Waals surface area contributed by atoms with Gasteiger partial charge >= 0.3 is 0 Å². The Bertz CT molecular complexity index is 1630. The van der Waals surface area contributed by atoms with Gasteiger partial charge in [-0.3, -0.25) is 9.80 Å². The molecule has 0 radical (unpaired) electrons. The molecule has 2 aromatic carbocycles. The van der Waals surface area contributed by atoms with E-state index in [2.05, 4.69) is 72.8 Å². The number of nitriles is 1. The highest BCUT2D eigenvalue weighted by Gasteiger charge is 2.22. The Balaban J connectivity index is 1.05. The number of fused-ring (bicyclic) bond motifs is 1. The second-order valence-corrected chi connectivity index (χ2v) is 12.3. The summed E-state index contributed by atoms with van der Waals surface area (Å²) in [5, 5.41) is 14.8. The van der Waals surface area contributed by atoms with Crippen LogP contribution < -0.4 is 10.1 Å². The molecule has 0 unspecified atom stereocenters. The van der Waals surface area contributed by atoms with Gasteiger partial charge in [0, 0.05) is 93.0 Å². The molecule has 9 nitrogen and oxygen atoms in total. The standard InChI is InChI=1S/C33H38ClFN8O/c1-23-24(3-4-31-30(23)18-28(20-36)43(31)14-13-41-11-9-40(2)10-12-41)21-42-7-5-27(6-8-42)39-32-19-33(38-22-37-32)44-29-16-25(34)15-26(35)17-29/h3-4,15-19,22,27H,5-14,21H2,1-2H3,(H,37,38,39). The zero-order valence-corrected chi connectivity index (χ0v) is 26.0. The van der Waals surface area contributed by atoms with Crippen molar-refractivity contribution in [1.29, 1.82) is 5.26 Å². The fourth-order valence-electron chi connectivity index (χ4n) is 6.21. The van der Waals surface area contributed by atoms with Crippen LogP contribution in [0.25, 0.3) is 10.9 Å². The number of nitrogens with zero attached hydrogens (tertiary/aromatic N) is 7. The lowest BCUT2D eigenvalue weighted by Gasteiger charge is -2.33. The number of rotatable bonds is 9. The zero-order valence-electron chi connectivity index (χ0n) is 25.3. The summed E-state index contributed by atoms with van der Waals surface area (Å²) in [6.45, 7) is 11.1. The van der Waals surface area contributed by atoms with Gasteiger partial charge in [0.25, 0.3) is 0 Å². The van der Waals surface area contributed by atoms with E-state index in [0.717, 1.165) is 83.0 Å². The molecule has 0 atom stereocenters. The Kier molecular flexibility index (Phi) is 9.28. The van der Waals surface area contributed by atoms with Crippen LogP contribution in [0.5, 0.6) is 11.6 Å². The van der Waals surface area contributed by atoms with Crippen molar-refractivity contribution in [2.24, 2.45) is 0 Å². The molecule has 2 aliphatic rings. The fourth-order valence-corrected chi connectivity index (χ4v) is 6.42. The van der Waals surface area contributed by atoms with Crippen LogP contribution in [0.2, 0.25) is 5.02 Å². The number of piperidine rings is 1. The molecule has 11 heteroatoms. The third kappa shape index (κ3) is 7.13. The molecule has 2 aromatic heterocycles. The minimum atomic E-state index is -0.469. The maximum Gasteiger partial charge on any atom is 0.224 e. The van der Waals surface area contributed by atoms with Crippen molar-refractivity contribution in [2.45, 2.75) is 38.9 Å². The molecule has 2 saturated heterocycles. The van der Waals surface area contributed by atoms with E-state index in [-0.39, 0.29) is 16.8 Å². The minimum Gasteiger partial charge on any atom is -0.439 e. The van der Waals surface area contributed by atoms with Gasteiger partial charge in [-0.05, 0) is 62.2 Å². The lowest BCUT2D eigenvalue weighted by Crippen LogP contribution is -2.45. The van der Waals surface area contributed by atoms with Crippen molar-refractivity contribution in [2.75, 3.05) is 58.2 Å². The van der Waals surface area contributed by atoms with Gasteiger partial charge < -0.3 is 19.5 Å².